The van der Waals surface area contributed by atoms with E-state index < -0.39 is 0 Å². The molecule has 0 spiro atoms. The van der Waals surface area contributed by atoms with Crippen molar-refractivity contribution in [3.8, 4) is 11.5 Å². The van der Waals surface area contributed by atoms with Crippen LogP contribution >= 0.6 is 0 Å². The highest BCUT2D eigenvalue weighted by Crippen LogP contribution is 2.29. The molecule has 0 radical (unpaired) electrons. The van der Waals surface area contributed by atoms with Crippen LogP contribution in [0.3, 0.4) is 0 Å². The summed E-state index contributed by atoms with van der Waals surface area (Å²) in [4.78, 5) is 14.8. The molecule has 1 aliphatic rings. The summed E-state index contributed by atoms with van der Waals surface area (Å²) < 4.78 is 11.2. The lowest BCUT2D eigenvalue weighted by Gasteiger charge is -2.38. The minimum absolute atomic E-state index is 0.0443. The van der Waals surface area contributed by atoms with Crippen molar-refractivity contribution in [2.24, 2.45) is 5.92 Å². The molecule has 1 aliphatic heterocycles. The molecule has 1 aromatic rings. The molecule has 1 aromatic carbocycles. The van der Waals surface area contributed by atoms with E-state index in [0.717, 1.165) is 19.5 Å². The highest BCUT2D eigenvalue weighted by molar-refractivity contribution is 5.95. The van der Waals surface area contributed by atoms with E-state index >= 15 is 0 Å². The molecule has 24 heavy (non-hydrogen) atoms. The Balaban J connectivity index is 2.11. The molecule has 5 heteroatoms. The van der Waals surface area contributed by atoms with Crippen molar-refractivity contribution in [1.82, 2.24) is 10.2 Å². The van der Waals surface area contributed by atoms with Crippen molar-refractivity contribution >= 4 is 5.91 Å². The fraction of sp³-hybridized carbons (Fsp3) is 0.632. The molecular formula is C19H30N2O3. The quantitative estimate of drug-likeness (QED) is 0.869. The van der Waals surface area contributed by atoms with Crippen LogP contribution in [0.2, 0.25) is 0 Å². The Morgan fingerprint density at radius 3 is 2.75 bits per heavy atom. The zero-order valence-electron chi connectivity index (χ0n) is 15.5. The van der Waals surface area contributed by atoms with Crippen LogP contribution in [0.4, 0.5) is 0 Å². The smallest absolute Gasteiger partial charge is 0.254 e. The van der Waals surface area contributed by atoms with Crippen LogP contribution in [-0.2, 0) is 0 Å². The third kappa shape index (κ3) is 4.41. The molecule has 1 fully saturated rings. The number of carbonyl (C=O) groups excluding carboxylic acids is 1. The van der Waals surface area contributed by atoms with Crippen LogP contribution in [0.1, 0.15) is 44.5 Å². The number of hydrogen-bond acceptors (Lipinski definition) is 4. The van der Waals surface area contributed by atoms with Crippen molar-refractivity contribution < 1.29 is 14.3 Å². The molecule has 0 aromatic heterocycles. The molecule has 0 aliphatic carbocycles. The van der Waals surface area contributed by atoms with E-state index in [1.807, 2.05) is 17.0 Å². The maximum absolute atomic E-state index is 12.8. The summed E-state index contributed by atoms with van der Waals surface area (Å²) in [5.74, 6) is 1.94. The van der Waals surface area contributed by atoms with Crippen molar-refractivity contribution in [3.63, 3.8) is 0 Å². The number of hydrogen-bond donors (Lipinski definition) is 1. The molecule has 134 valence electrons. The first kappa shape index (κ1) is 18.6. The van der Waals surface area contributed by atoms with Gasteiger partial charge in [-0.25, -0.2) is 0 Å². The maximum Gasteiger partial charge on any atom is 0.254 e. The number of nitrogens with zero attached hydrogens (tertiary/aromatic N) is 1. The van der Waals surface area contributed by atoms with E-state index in [0.29, 0.717) is 35.6 Å². The van der Waals surface area contributed by atoms with E-state index in [2.05, 4.69) is 33.0 Å². The fourth-order valence-electron chi connectivity index (χ4n) is 2.83. The Bertz CT molecular complexity index is 560. The second-order valence-corrected chi connectivity index (χ2v) is 6.88. The molecule has 5 nitrogen and oxygen atoms in total. The number of nitrogens with one attached hydrogen (secondary N) is 1. The molecule has 0 bridgehead atoms. The monoisotopic (exact) mass is 334 g/mol. The fourth-order valence-corrected chi connectivity index (χ4v) is 2.83. The summed E-state index contributed by atoms with van der Waals surface area (Å²) in [6.07, 6.45) is 0.986. The van der Waals surface area contributed by atoms with Crippen LogP contribution in [0.15, 0.2) is 18.2 Å². The molecule has 2 unspecified atom stereocenters. The Morgan fingerprint density at radius 1 is 1.33 bits per heavy atom. The van der Waals surface area contributed by atoms with Crippen LogP contribution < -0.4 is 14.8 Å². The summed E-state index contributed by atoms with van der Waals surface area (Å²) in [7, 11) is 1.61. The van der Waals surface area contributed by atoms with Crippen LogP contribution in [-0.4, -0.2) is 49.7 Å². The Labute approximate surface area is 145 Å². The minimum Gasteiger partial charge on any atom is -0.493 e. The van der Waals surface area contributed by atoms with Gasteiger partial charge in [0.25, 0.3) is 5.91 Å². The van der Waals surface area contributed by atoms with Gasteiger partial charge in [0, 0.05) is 30.7 Å². The number of ether oxygens (including phenoxy) is 2. The molecule has 2 atom stereocenters. The summed E-state index contributed by atoms with van der Waals surface area (Å²) in [6.45, 7) is 10.7. The number of amides is 1. The van der Waals surface area contributed by atoms with Gasteiger partial charge in [0.05, 0.1) is 13.7 Å². The third-order valence-electron chi connectivity index (χ3n) is 4.66. The number of piperazine rings is 1. The molecule has 1 amide bonds. The van der Waals surface area contributed by atoms with Gasteiger partial charge in [-0.05, 0) is 44.4 Å². The highest BCUT2D eigenvalue weighted by Gasteiger charge is 2.29. The summed E-state index contributed by atoms with van der Waals surface area (Å²) >= 11 is 0. The summed E-state index contributed by atoms with van der Waals surface area (Å²) in [6, 6.07) is 5.91. The van der Waals surface area contributed by atoms with Gasteiger partial charge in [-0.2, -0.15) is 0 Å². The Morgan fingerprint density at radius 2 is 2.08 bits per heavy atom. The highest BCUT2D eigenvalue weighted by atomic mass is 16.5. The van der Waals surface area contributed by atoms with E-state index in [9.17, 15) is 4.79 Å². The zero-order valence-corrected chi connectivity index (χ0v) is 15.5. The molecule has 1 N–H and O–H groups in total. The predicted octanol–water partition coefficient (Wildman–Crippen LogP) is 2.94. The van der Waals surface area contributed by atoms with Gasteiger partial charge in [0.1, 0.15) is 0 Å². The number of rotatable bonds is 6. The SMILES string of the molecule is COc1cc(C(=O)N2CCNC(C)C2C)ccc1OCCC(C)C. The van der Waals surface area contributed by atoms with Gasteiger partial charge >= 0.3 is 0 Å². The van der Waals surface area contributed by atoms with Crippen LogP contribution in [0.5, 0.6) is 11.5 Å². The van der Waals surface area contributed by atoms with Crippen LogP contribution in [0, 0.1) is 5.92 Å². The van der Waals surface area contributed by atoms with Gasteiger partial charge in [0.2, 0.25) is 0 Å². The first-order chi connectivity index (χ1) is 11.4. The van der Waals surface area contributed by atoms with Gasteiger partial charge in [-0.15, -0.1) is 0 Å². The van der Waals surface area contributed by atoms with Crippen molar-refractivity contribution in [3.05, 3.63) is 23.8 Å². The van der Waals surface area contributed by atoms with E-state index in [4.69, 9.17) is 9.47 Å². The molecule has 1 heterocycles. The van der Waals surface area contributed by atoms with Gasteiger partial charge in [-0.1, -0.05) is 13.8 Å². The second-order valence-electron chi connectivity index (χ2n) is 6.88. The number of benzene rings is 1. The lowest BCUT2D eigenvalue weighted by molar-refractivity contribution is 0.0602. The molecular weight excluding hydrogens is 304 g/mol. The molecule has 2 rings (SSSR count). The summed E-state index contributed by atoms with van der Waals surface area (Å²) in [5, 5.41) is 3.39. The van der Waals surface area contributed by atoms with E-state index in [1.165, 1.54) is 0 Å². The van der Waals surface area contributed by atoms with Gasteiger partial charge < -0.3 is 19.7 Å². The standard InChI is InChI=1S/C19H30N2O3/c1-13(2)8-11-24-17-7-6-16(12-18(17)23-5)19(22)21-10-9-20-14(3)15(21)4/h6-7,12-15,20H,8-11H2,1-5H3. The lowest BCUT2D eigenvalue weighted by Crippen LogP contribution is -2.57. The largest absolute Gasteiger partial charge is 0.493 e. The van der Waals surface area contributed by atoms with E-state index in [-0.39, 0.29) is 11.9 Å². The first-order valence-electron chi connectivity index (χ1n) is 8.79. The zero-order chi connectivity index (χ0) is 17.7. The minimum atomic E-state index is 0.0443. The Hall–Kier alpha value is -1.75. The Kier molecular flexibility index (Phi) is 6.49. The maximum atomic E-state index is 12.8. The predicted molar refractivity (Wildman–Crippen MR) is 95.9 cm³/mol. The topological polar surface area (TPSA) is 50.8 Å². The van der Waals surface area contributed by atoms with Crippen molar-refractivity contribution in [2.75, 3.05) is 26.8 Å². The van der Waals surface area contributed by atoms with Crippen molar-refractivity contribution in [2.45, 2.75) is 46.2 Å². The van der Waals surface area contributed by atoms with Gasteiger partial charge in [0.15, 0.2) is 11.5 Å². The van der Waals surface area contributed by atoms with Gasteiger partial charge in [-0.3, -0.25) is 4.79 Å². The van der Waals surface area contributed by atoms with Crippen molar-refractivity contribution in [1.29, 1.82) is 0 Å². The third-order valence-corrected chi connectivity index (χ3v) is 4.66. The van der Waals surface area contributed by atoms with Crippen LogP contribution in [0.25, 0.3) is 0 Å². The number of methoxy groups -OCH3 is 1. The average molecular weight is 334 g/mol. The second kappa shape index (κ2) is 8.38. The lowest BCUT2D eigenvalue weighted by atomic mass is 10.0. The first-order valence-corrected chi connectivity index (χ1v) is 8.79. The van der Waals surface area contributed by atoms with E-state index in [1.54, 1.807) is 13.2 Å². The average Bonchev–Trinajstić information content (AvgIpc) is 2.56. The normalized spacial score (nSPS) is 21.0. The molecule has 1 saturated heterocycles. The number of carbonyl (C=O) groups is 1. The summed E-state index contributed by atoms with van der Waals surface area (Å²) in [5.41, 5.74) is 0.643. The molecule has 0 saturated carbocycles.